The average Bonchev–Trinajstić information content (AvgIpc) is 2.78. The van der Waals surface area contributed by atoms with Gasteiger partial charge in [-0.25, -0.2) is 0 Å². The molecule has 5 nitrogen and oxygen atoms in total. The van der Waals surface area contributed by atoms with E-state index in [1.807, 2.05) is 28.0 Å². The summed E-state index contributed by atoms with van der Waals surface area (Å²) < 4.78 is 39.4. The SMILES string of the molecule is O=C(CN1CCN(C(=O)C2CCCc3ccccc32)CC1)Nc1ccccc1C(F)(F)F. The van der Waals surface area contributed by atoms with Gasteiger partial charge < -0.3 is 10.2 Å². The van der Waals surface area contributed by atoms with E-state index in [1.54, 1.807) is 0 Å². The highest BCUT2D eigenvalue weighted by atomic mass is 19.4. The van der Waals surface area contributed by atoms with Crippen molar-refractivity contribution in [1.82, 2.24) is 9.80 Å². The number of para-hydroxylation sites is 1. The van der Waals surface area contributed by atoms with Crippen LogP contribution in [0.5, 0.6) is 0 Å². The Bertz CT molecular complexity index is 984. The molecular weight excluding hydrogens is 419 g/mol. The first-order chi connectivity index (χ1) is 15.3. The molecule has 1 N–H and O–H groups in total. The van der Waals surface area contributed by atoms with Crippen LogP contribution in [0.3, 0.4) is 0 Å². The Morgan fingerprint density at radius 2 is 1.66 bits per heavy atom. The van der Waals surface area contributed by atoms with E-state index in [1.165, 1.54) is 23.8 Å². The number of rotatable bonds is 4. The minimum absolute atomic E-state index is 0.0134. The number of carbonyl (C=O) groups excluding carboxylic acids is 2. The van der Waals surface area contributed by atoms with Gasteiger partial charge in [-0.05, 0) is 42.5 Å². The van der Waals surface area contributed by atoms with E-state index in [-0.39, 0.29) is 24.1 Å². The van der Waals surface area contributed by atoms with Crippen molar-refractivity contribution in [3.63, 3.8) is 0 Å². The molecule has 8 heteroatoms. The number of aryl methyl sites for hydroxylation is 1. The summed E-state index contributed by atoms with van der Waals surface area (Å²) in [4.78, 5) is 29.2. The van der Waals surface area contributed by atoms with Crippen LogP contribution in [-0.2, 0) is 22.2 Å². The minimum atomic E-state index is -4.53. The Kier molecular flexibility index (Phi) is 6.50. The largest absolute Gasteiger partial charge is 0.418 e. The molecule has 0 bridgehead atoms. The number of benzene rings is 2. The van der Waals surface area contributed by atoms with Gasteiger partial charge >= 0.3 is 6.18 Å². The number of fused-ring (bicyclic) bond motifs is 1. The fraction of sp³-hybridized carbons (Fsp3) is 0.417. The molecule has 2 aromatic rings. The van der Waals surface area contributed by atoms with Crippen LogP contribution in [0.1, 0.15) is 35.4 Å². The fourth-order valence-corrected chi connectivity index (χ4v) is 4.59. The molecule has 1 unspecified atom stereocenters. The number of alkyl halides is 3. The second-order valence-corrected chi connectivity index (χ2v) is 8.34. The smallest absolute Gasteiger partial charge is 0.340 e. The van der Waals surface area contributed by atoms with Gasteiger partial charge in [0.15, 0.2) is 0 Å². The van der Waals surface area contributed by atoms with Crippen molar-refractivity contribution in [1.29, 1.82) is 0 Å². The number of nitrogens with zero attached hydrogens (tertiary/aromatic N) is 2. The van der Waals surface area contributed by atoms with Crippen LogP contribution in [0.15, 0.2) is 48.5 Å². The summed E-state index contributed by atoms with van der Waals surface area (Å²) >= 11 is 0. The standard InChI is InChI=1S/C24H26F3N3O2/c25-24(26,27)20-10-3-4-11-21(20)28-22(31)16-29-12-14-30(15-13-29)23(32)19-9-5-7-17-6-1-2-8-18(17)19/h1-4,6,8,10-11,19H,5,7,9,12-16H2,(H,28,31). The van der Waals surface area contributed by atoms with E-state index >= 15 is 0 Å². The van der Waals surface area contributed by atoms with Gasteiger partial charge in [-0.3, -0.25) is 14.5 Å². The monoisotopic (exact) mass is 445 g/mol. The van der Waals surface area contributed by atoms with E-state index in [0.717, 1.165) is 30.9 Å². The summed E-state index contributed by atoms with van der Waals surface area (Å²) in [5, 5.41) is 2.38. The van der Waals surface area contributed by atoms with Crippen LogP contribution < -0.4 is 5.32 Å². The molecule has 1 heterocycles. The van der Waals surface area contributed by atoms with E-state index < -0.39 is 17.6 Å². The van der Waals surface area contributed by atoms with Crippen LogP contribution >= 0.6 is 0 Å². The normalized spacial score (nSPS) is 19.3. The van der Waals surface area contributed by atoms with Crippen LogP contribution in [0.4, 0.5) is 18.9 Å². The number of hydrogen-bond donors (Lipinski definition) is 1. The first-order valence-electron chi connectivity index (χ1n) is 10.9. The van der Waals surface area contributed by atoms with Crippen molar-refractivity contribution in [2.75, 3.05) is 38.0 Å². The number of amides is 2. The number of carbonyl (C=O) groups is 2. The van der Waals surface area contributed by atoms with Crippen LogP contribution in [0.25, 0.3) is 0 Å². The average molecular weight is 445 g/mol. The number of hydrogen-bond acceptors (Lipinski definition) is 3. The summed E-state index contributed by atoms with van der Waals surface area (Å²) in [6.07, 6.45) is -1.70. The summed E-state index contributed by atoms with van der Waals surface area (Å²) in [6.45, 7) is 2.01. The zero-order chi connectivity index (χ0) is 22.7. The third kappa shape index (κ3) is 4.96. The number of piperazine rings is 1. The van der Waals surface area contributed by atoms with Gasteiger partial charge in [0.2, 0.25) is 11.8 Å². The number of nitrogens with one attached hydrogen (secondary N) is 1. The molecule has 1 aliphatic carbocycles. The molecule has 32 heavy (non-hydrogen) atoms. The Labute approximate surface area is 185 Å². The van der Waals surface area contributed by atoms with Crippen molar-refractivity contribution < 1.29 is 22.8 Å². The predicted molar refractivity (Wildman–Crippen MR) is 115 cm³/mol. The zero-order valence-electron chi connectivity index (χ0n) is 17.7. The lowest BCUT2D eigenvalue weighted by atomic mass is 9.82. The molecule has 0 saturated carbocycles. The van der Waals surface area contributed by atoms with E-state index in [2.05, 4.69) is 11.4 Å². The third-order valence-corrected chi connectivity index (χ3v) is 6.23. The van der Waals surface area contributed by atoms with Crippen molar-refractivity contribution >= 4 is 17.5 Å². The second-order valence-electron chi connectivity index (χ2n) is 8.34. The summed E-state index contributed by atoms with van der Waals surface area (Å²) in [5.41, 5.74) is 1.26. The summed E-state index contributed by atoms with van der Waals surface area (Å²) in [5.74, 6) is -0.489. The number of anilines is 1. The molecule has 1 atom stereocenters. The Morgan fingerprint density at radius 1 is 0.969 bits per heavy atom. The Hall–Kier alpha value is -2.87. The molecule has 2 aliphatic rings. The molecule has 2 aromatic carbocycles. The van der Waals surface area contributed by atoms with Crippen molar-refractivity contribution in [2.45, 2.75) is 31.4 Å². The second kappa shape index (κ2) is 9.32. The van der Waals surface area contributed by atoms with Crippen molar-refractivity contribution in [3.05, 3.63) is 65.2 Å². The van der Waals surface area contributed by atoms with Gasteiger partial charge in [0, 0.05) is 26.2 Å². The van der Waals surface area contributed by atoms with E-state index in [4.69, 9.17) is 0 Å². The maximum atomic E-state index is 13.1. The Morgan fingerprint density at radius 3 is 2.41 bits per heavy atom. The van der Waals surface area contributed by atoms with Gasteiger partial charge in [-0.15, -0.1) is 0 Å². The quantitative estimate of drug-likeness (QED) is 0.777. The first kappa shape index (κ1) is 22.3. The molecule has 0 aromatic heterocycles. The van der Waals surface area contributed by atoms with Crippen LogP contribution in [-0.4, -0.2) is 54.3 Å². The highest BCUT2D eigenvalue weighted by Crippen LogP contribution is 2.35. The minimum Gasteiger partial charge on any atom is -0.340 e. The molecular formula is C24H26F3N3O2. The van der Waals surface area contributed by atoms with Crippen LogP contribution in [0.2, 0.25) is 0 Å². The maximum absolute atomic E-state index is 13.1. The molecule has 0 spiro atoms. The molecule has 0 radical (unpaired) electrons. The van der Waals surface area contributed by atoms with Gasteiger partial charge in [0.25, 0.3) is 0 Å². The molecule has 4 rings (SSSR count). The number of halogens is 3. The molecule has 170 valence electrons. The zero-order valence-corrected chi connectivity index (χ0v) is 17.7. The van der Waals surface area contributed by atoms with Gasteiger partial charge in [-0.2, -0.15) is 13.2 Å². The summed E-state index contributed by atoms with van der Waals surface area (Å²) in [6, 6.07) is 13.0. The van der Waals surface area contributed by atoms with Gasteiger partial charge in [0.05, 0.1) is 23.7 Å². The third-order valence-electron chi connectivity index (χ3n) is 6.23. The van der Waals surface area contributed by atoms with E-state index in [9.17, 15) is 22.8 Å². The van der Waals surface area contributed by atoms with Gasteiger partial charge in [0.1, 0.15) is 0 Å². The Balaban J connectivity index is 1.31. The highest BCUT2D eigenvalue weighted by molar-refractivity contribution is 5.93. The first-order valence-corrected chi connectivity index (χ1v) is 10.9. The molecule has 1 saturated heterocycles. The van der Waals surface area contributed by atoms with Crippen molar-refractivity contribution in [3.8, 4) is 0 Å². The van der Waals surface area contributed by atoms with E-state index in [0.29, 0.717) is 26.2 Å². The lowest BCUT2D eigenvalue weighted by Crippen LogP contribution is -2.51. The topological polar surface area (TPSA) is 52.7 Å². The lowest BCUT2D eigenvalue weighted by Gasteiger charge is -2.37. The maximum Gasteiger partial charge on any atom is 0.418 e. The van der Waals surface area contributed by atoms with Crippen molar-refractivity contribution in [2.24, 2.45) is 0 Å². The predicted octanol–water partition coefficient (Wildman–Crippen LogP) is 3.91. The lowest BCUT2D eigenvalue weighted by molar-refractivity contribution is -0.137. The molecule has 1 fully saturated rings. The summed E-state index contributed by atoms with van der Waals surface area (Å²) in [7, 11) is 0. The van der Waals surface area contributed by atoms with Gasteiger partial charge in [-0.1, -0.05) is 36.4 Å². The fourth-order valence-electron chi connectivity index (χ4n) is 4.59. The highest BCUT2D eigenvalue weighted by Gasteiger charge is 2.34. The molecule has 2 amide bonds. The van der Waals surface area contributed by atoms with Crippen LogP contribution in [0, 0.1) is 0 Å². The molecule has 1 aliphatic heterocycles.